The van der Waals surface area contributed by atoms with Gasteiger partial charge in [0.25, 0.3) is 5.56 Å². The molecule has 0 aliphatic carbocycles. The number of para-hydroxylation sites is 1. The fraction of sp³-hybridized carbons (Fsp3) is 0.407. The predicted octanol–water partition coefficient (Wildman–Crippen LogP) is 3.07. The molecule has 0 saturated heterocycles. The van der Waals surface area contributed by atoms with Crippen LogP contribution in [0.1, 0.15) is 49.4 Å². The van der Waals surface area contributed by atoms with Gasteiger partial charge in [-0.05, 0) is 56.5 Å². The van der Waals surface area contributed by atoms with Gasteiger partial charge >= 0.3 is 11.7 Å². The number of H-pyrrole nitrogens is 1. The van der Waals surface area contributed by atoms with Crippen molar-refractivity contribution in [2.24, 2.45) is 0 Å². The molecule has 0 bridgehead atoms. The number of methoxy groups -OCH3 is 1. The first-order valence-electron chi connectivity index (χ1n) is 12.4. The number of aromatic nitrogens is 2. The van der Waals surface area contributed by atoms with Gasteiger partial charge in [0.15, 0.2) is 0 Å². The first kappa shape index (κ1) is 26.7. The van der Waals surface area contributed by atoms with Crippen LogP contribution in [0.4, 0.5) is 5.69 Å². The molecule has 9 nitrogen and oxygen atoms in total. The minimum absolute atomic E-state index is 0.0138. The zero-order chi connectivity index (χ0) is 25.9. The number of hydrogen-bond donors (Lipinski definition) is 2. The summed E-state index contributed by atoms with van der Waals surface area (Å²) < 4.78 is 5.83. The van der Waals surface area contributed by atoms with Crippen molar-refractivity contribution in [1.82, 2.24) is 14.9 Å². The minimum atomic E-state index is -0.541. The summed E-state index contributed by atoms with van der Waals surface area (Å²) in [4.78, 5) is 53.9. The molecule has 2 aromatic carbocycles. The lowest BCUT2D eigenvalue weighted by atomic mass is 10.1. The fourth-order valence-corrected chi connectivity index (χ4v) is 4.13. The lowest BCUT2D eigenvalue weighted by molar-refractivity contribution is -0.121. The molecular weight excluding hydrogens is 460 g/mol. The van der Waals surface area contributed by atoms with Crippen molar-refractivity contribution in [3.8, 4) is 0 Å². The summed E-state index contributed by atoms with van der Waals surface area (Å²) in [6, 6.07) is 14.7. The molecule has 1 heterocycles. The van der Waals surface area contributed by atoms with Gasteiger partial charge in [0.2, 0.25) is 5.91 Å². The standard InChI is InChI=1S/C27H34N4O5/c1-3-30(21-11-6-4-7-12-21)17-10-16-28-24(32)13-8-5-9-18-31-25(33)22-15-14-20(26(34)36-2)19-23(22)29-27(31)35/h4,6-7,11-12,14-15,19H,3,5,8-10,13,16-18H2,1-2H3,(H,28,32)(H,29,35). The van der Waals surface area contributed by atoms with Crippen LogP contribution >= 0.6 is 0 Å². The number of carbonyl (C=O) groups is 2. The maximum absolute atomic E-state index is 12.7. The van der Waals surface area contributed by atoms with E-state index in [1.165, 1.54) is 31.0 Å². The number of amides is 1. The molecule has 0 spiro atoms. The highest BCUT2D eigenvalue weighted by Crippen LogP contribution is 2.13. The van der Waals surface area contributed by atoms with Crippen molar-refractivity contribution in [2.45, 2.75) is 45.6 Å². The third-order valence-corrected chi connectivity index (χ3v) is 6.12. The molecule has 0 aliphatic rings. The number of carbonyl (C=O) groups excluding carboxylic acids is 2. The molecule has 3 aromatic rings. The molecule has 0 aliphatic heterocycles. The maximum atomic E-state index is 12.7. The number of benzene rings is 2. The number of aromatic amines is 1. The summed E-state index contributed by atoms with van der Waals surface area (Å²) in [5, 5.41) is 3.30. The topological polar surface area (TPSA) is 114 Å². The Hall–Kier alpha value is -3.88. The molecular formula is C27H34N4O5. The van der Waals surface area contributed by atoms with E-state index in [4.69, 9.17) is 0 Å². The minimum Gasteiger partial charge on any atom is -0.465 e. The summed E-state index contributed by atoms with van der Waals surface area (Å²) in [7, 11) is 1.27. The average Bonchev–Trinajstić information content (AvgIpc) is 2.89. The molecule has 36 heavy (non-hydrogen) atoms. The van der Waals surface area contributed by atoms with Crippen LogP contribution < -0.4 is 21.5 Å². The van der Waals surface area contributed by atoms with Crippen molar-refractivity contribution in [1.29, 1.82) is 0 Å². The summed E-state index contributed by atoms with van der Waals surface area (Å²) >= 11 is 0. The normalized spacial score (nSPS) is 10.8. The number of nitrogens with one attached hydrogen (secondary N) is 2. The Morgan fingerprint density at radius 3 is 2.53 bits per heavy atom. The summed E-state index contributed by atoms with van der Waals surface area (Å²) in [5.74, 6) is -0.527. The Morgan fingerprint density at radius 2 is 1.81 bits per heavy atom. The van der Waals surface area contributed by atoms with Crippen LogP contribution in [0.3, 0.4) is 0 Å². The lowest BCUT2D eigenvalue weighted by Gasteiger charge is -2.23. The third-order valence-electron chi connectivity index (χ3n) is 6.12. The van der Waals surface area contributed by atoms with Gasteiger partial charge in [-0.3, -0.25) is 14.2 Å². The predicted molar refractivity (Wildman–Crippen MR) is 141 cm³/mol. The van der Waals surface area contributed by atoms with Crippen LogP contribution in [0.2, 0.25) is 0 Å². The van der Waals surface area contributed by atoms with Crippen molar-refractivity contribution in [3.05, 3.63) is 74.9 Å². The SMILES string of the molecule is CCN(CCCNC(=O)CCCCCn1c(=O)[nH]c2cc(C(=O)OC)ccc2c1=O)c1ccccc1. The first-order valence-corrected chi connectivity index (χ1v) is 12.4. The molecule has 0 radical (unpaired) electrons. The number of anilines is 1. The van der Waals surface area contributed by atoms with E-state index in [0.29, 0.717) is 36.7 Å². The van der Waals surface area contributed by atoms with Crippen LogP contribution in [0, 0.1) is 0 Å². The summed E-state index contributed by atoms with van der Waals surface area (Å²) in [6.45, 7) is 4.79. The van der Waals surface area contributed by atoms with Crippen LogP contribution in [0.25, 0.3) is 10.9 Å². The second-order valence-electron chi connectivity index (χ2n) is 8.57. The van der Waals surface area contributed by atoms with E-state index in [-0.39, 0.29) is 18.0 Å². The first-order chi connectivity index (χ1) is 17.4. The van der Waals surface area contributed by atoms with Gasteiger partial charge in [-0.25, -0.2) is 9.59 Å². The highest BCUT2D eigenvalue weighted by atomic mass is 16.5. The molecule has 192 valence electrons. The van der Waals surface area contributed by atoms with Crippen LogP contribution in [0.5, 0.6) is 0 Å². The van der Waals surface area contributed by atoms with Crippen molar-refractivity contribution < 1.29 is 14.3 Å². The van der Waals surface area contributed by atoms with E-state index < -0.39 is 17.2 Å². The fourth-order valence-electron chi connectivity index (χ4n) is 4.13. The monoisotopic (exact) mass is 494 g/mol. The molecule has 1 aromatic heterocycles. The van der Waals surface area contributed by atoms with Gasteiger partial charge in [-0.1, -0.05) is 24.6 Å². The molecule has 9 heteroatoms. The molecule has 2 N–H and O–H groups in total. The van der Waals surface area contributed by atoms with E-state index >= 15 is 0 Å². The number of hydrogen-bond acceptors (Lipinski definition) is 6. The number of esters is 1. The zero-order valence-electron chi connectivity index (χ0n) is 20.9. The van der Waals surface area contributed by atoms with Crippen LogP contribution in [-0.4, -0.2) is 48.2 Å². The van der Waals surface area contributed by atoms with Gasteiger partial charge in [0.1, 0.15) is 0 Å². The Bertz CT molecular complexity index is 1280. The quantitative estimate of drug-likeness (QED) is 0.279. The number of unbranched alkanes of at least 4 members (excludes halogenated alkanes) is 2. The average molecular weight is 495 g/mol. The Balaban J connectivity index is 1.39. The highest BCUT2D eigenvalue weighted by Gasteiger charge is 2.12. The van der Waals surface area contributed by atoms with Gasteiger partial charge in [0.05, 0.1) is 23.6 Å². The third kappa shape index (κ3) is 7.07. The Labute approximate surface area is 210 Å². The highest BCUT2D eigenvalue weighted by molar-refractivity contribution is 5.93. The van der Waals surface area contributed by atoms with E-state index in [1.54, 1.807) is 0 Å². The lowest BCUT2D eigenvalue weighted by Crippen LogP contribution is -2.35. The number of nitrogens with zero attached hydrogens (tertiary/aromatic N) is 2. The molecule has 0 atom stereocenters. The number of rotatable bonds is 13. The van der Waals surface area contributed by atoms with Crippen molar-refractivity contribution in [2.75, 3.05) is 31.6 Å². The molecule has 0 unspecified atom stereocenters. The maximum Gasteiger partial charge on any atom is 0.337 e. The number of fused-ring (bicyclic) bond motifs is 1. The molecule has 0 fully saturated rings. The smallest absolute Gasteiger partial charge is 0.337 e. The number of ether oxygens (including phenoxy) is 1. The van der Waals surface area contributed by atoms with E-state index in [2.05, 4.69) is 39.0 Å². The summed E-state index contributed by atoms with van der Waals surface area (Å²) in [5.41, 5.74) is 0.812. The Kier molecular flexibility index (Phi) is 9.85. The van der Waals surface area contributed by atoms with Gasteiger partial charge < -0.3 is 19.9 Å². The molecule has 0 saturated carbocycles. The van der Waals surface area contributed by atoms with Crippen LogP contribution in [-0.2, 0) is 16.1 Å². The van der Waals surface area contributed by atoms with Crippen molar-refractivity contribution in [3.63, 3.8) is 0 Å². The van der Waals surface area contributed by atoms with Gasteiger partial charge in [-0.2, -0.15) is 0 Å². The summed E-state index contributed by atoms with van der Waals surface area (Å²) in [6.07, 6.45) is 3.28. The van der Waals surface area contributed by atoms with Crippen LogP contribution in [0.15, 0.2) is 58.1 Å². The van der Waals surface area contributed by atoms with Gasteiger partial charge in [-0.15, -0.1) is 0 Å². The Morgan fingerprint density at radius 1 is 1.03 bits per heavy atom. The van der Waals surface area contributed by atoms with E-state index in [1.807, 2.05) is 18.2 Å². The van der Waals surface area contributed by atoms with Crippen molar-refractivity contribution >= 4 is 28.5 Å². The largest absolute Gasteiger partial charge is 0.465 e. The molecule has 3 rings (SSSR count). The second-order valence-corrected chi connectivity index (χ2v) is 8.57. The van der Waals surface area contributed by atoms with E-state index in [0.717, 1.165) is 30.5 Å². The van der Waals surface area contributed by atoms with Gasteiger partial charge in [0, 0.05) is 38.3 Å². The second kappa shape index (κ2) is 13.3. The molecule has 1 amide bonds. The zero-order valence-corrected chi connectivity index (χ0v) is 20.9. The van der Waals surface area contributed by atoms with E-state index in [9.17, 15) is 19.2 Å².